The summed E-state index contributed by atoms with van der Waals surface area (Å²) < 4.78 is 5.22. The highest BCUT2D eigenvalue weighted by atomic mass is 79.9. The number of aryl methyl sites for hydroxylation is 1. The lowest BCUT2D eigenvalue weighted by Gasteiger charge is -2.22. The Balaban J connectivity index is 2.55. The van der Waals surface area contributed by atoms with Crippen molar-refractivity contribution >= 4 is 33.3 Å². The molecular formula is C21H27BrN2O2. The summed E-state index contributed by atoms with van der Waals surface area (Å²) in [5, 5.41) is 3.88. The molecular weight excluding hydrogens is 392 g/mol. The summed E-state index contributed by atoms with van der Waals surface area (Å²) in [5.41, 5.74) is 13.5. The van der Waals surface area contributed by atoms with Gasteiger partial charge in [0.1, 0.15) is 0 Å². The number of hydrogen-bond donors (Lipinski definition) is 2. The average molecular weight is 419 g/mol. The van der Waals surface area contributed by atoms with Gasteiger partial charge in [-0.25, -0.2) is 0 Å². The van der Waals surface area contributed by atoms with Crippen molar-refractivity contribution in [1.82, 2.24) is 0 Å². The van der Waals surface area contributed by atoms with E-state index in [1.54, 1.807) is 0 Å². The SMILES string of the molecule is CCOC(=O)CC(c1ccc(C)c(CBr)c1)c1ccc(NC)c(N)c1C. The summed E-state index contributed by atoms with van der Waals surface area (Å²) in [6.07, 6.45) is 0.289. The zero-order chi connectivity index (χ0) is 19.3. The summed E-state index contributed by atoms with van der Waals surface area (Å²) in [6, 6.07) is 10.4. The van der Waals surface area contributed by atoms with E-state index in [0.717, 1.165) is 27.7 Å². The molecule has 0 saturated carbocycles. The molecule has 3 N–H and O–H groups in total. The molecule has 2 aromatic carbocycles. The van der Waals surface area contributed by atoms with Gasteiger partial charge in [0.15, 0.2) is 0 Å². The van der Waals surface area contributed by atoms with Crippen molar-refractivity contribution in [2.75, 3.05) is 24.7 Å². The van der Waals surface area contributed by atoms with Gasteiger partial charge in [-0.3, -0.25) is 4.79 Å². The molecule has 2 aromatic rings. The van der Waals surface area contributed by atoms with Crippen molar-refractivity contribution in [2.24, 2.45) is 0 Å². The van der Waals surface area contributed by atoms with Gasteiger partial charge in [-0.1, -0.05) is 40.2 Å². The number of hydrogen-bond acceptors (Lipinski definition) is 4. The number of nitrogens with two attached hydrogens (primary N) is 1. The van der Waals surface area contributed by atoms with Crippen LogP contribution in [0.5, 0.6) is 0 Å². The van der Waals surface area contributed by atoms with E-state index in [-0.39, 0.29) is 18.3 Å². The van der Waals surface area contributed by atoms with Crippen LogP contribution in [0.1, 0.15) is 47.1 Å². The molecule has 26 heavy (non-hydrogen) atoms. The van der Waals surface area contributed by atoms with Crippen LogP contribution >= 0.6 is 15.9 Å². The van der Waals surface area contributed by atoms with Crippen molar-refractivity contribution in [3.05, 3.63) is 58.1 Å². The van der Waals surface area contributed by atoms with Gasteiger partial charge in [0, 0.05) is 18.3 Å². The number of nitrogens with one attached hydrogen (secondary N) is 1. The van der Waals surface area contributed by atoms with Gasteiger partial charge < -0.3 is 15.8 Å². The number of nitrogen functional groups attached to an aromatic ring is 1. The number of esters is 1. The topological polar surface area (TPSA) is 64.3 Å². The minimum Gasteiger partial charge on any atom is -0.466 e. The molecule has 0 radical (unpaired) electrons. The first-order valence-corrected chi connectivity index (χ1v) is 9.92. The third-order valence-electron chi connectivity index (χ3n) is 4.80. The van der Waals surface area contributed by atoms with E-state index in [4.69, 9.17) is 10.5 Å². The van der Waals surface area contributed by atoms with Gasteiger partial charge in [0.25, 0.3) is 0 Å². The predicted octanol–water partition coefficient (Wildman–Crippen LogP) is 4.91. The summed E-state index contributed by atoms with van der Waals surface area (Å²) in [4.78, 5) is 12.3. The molecule has 0 aliphatic heterocycles. The van der Waals surface area contributed by atoms with Crippen LogP contribution in [-0.2, 0) is 14.9 Å². The van der Waals surface area contributed by atoms with Gasteiger partial charge in [-0.15, -0.1) is 0 Å². The van der Waals surface area contributed by atoms with Crippen molar-refractivity contribution in [1.29, 1.82) is 0 Å². The van der Waals surface area contributed by atoms with E-state index >= 15 is 0 Å². The molecule has 0 spiro atoms. The zero-order valence-corrected chi connectivity index (χ0v) is 17.4. The molecule has 0 fully saturated rings. The van der Waals surface area contributed by atoms with E-state index in [1.165, 1.54) is 11.1 Å². The second kappa shape index (κ2) is 9.08. The monoisotopic (exact) mass is 418 g/mol. The molecule has 0 aromatic heterocycles. The standard InChI is InChI=1S/C21H27BrN2O2/c1-5-26-20(25)11-18(15-7-6-13(2)16(10-15)12-22)17-8-9-19(24-4)21(23)14(17)3/h6-10,18,24H,5,11-12,23H2,1-4H3. The smallest absolute Gasteiger partial charge is 0.306 e. The predicted molar refractivity (Wildman–Crippen MR) is 112 cm³/mol. The van der Waals surface area contributed by atoms with Crippen LogP contribution in [0.4, 0.5) is 11.4 Å². The van der Waals surface area contributed by atoms with E-state index < -0.39 is 0 Å². The lowest BCUT2D eigenvalue weighted by atomic mass is 9.84. The first-order chi connectivity index (χ1) is 12.4. The largest absolute Gasteiger partial charge is 0.466 e. The fourth-order valence-corrected chi connectivity index (χ4v) is 3.79. The molecule has 0 heterocycles. The molecule has 140 valence electrons. The molecule has 0 bridgehead atoms. The molecule has 0 saturated heterocycles. The van der Waals surface area contributed by atoms with Gasteiger partial charge in [0.2, 0.25) is 0 Å². The molecule has 5 heteroatoms. The number of benzene rings is 2. The maximum absolute atomic E-state index is 12.3. The number of rotatable bonds is 7. The van der Waals surface area contributed by atoms with Crippen molar-refractivity contribution in [3.8, 4) is 0 Å². The quantitative estimate of drug-likeness (QED) is 0.380. The fraction of sp³-hybridized carbons (Fsp3) is 0.381. The van der Waals surface area contributed by atoms with E-state index in [0.29, 0.717) is 12.3 Å². The average Bonchev–Trinajstić information content (AvgIpc) is 2.63. The summed E-state index contributed by atoms with van der Waals surface area (Å²) >= 11 is 3.55. The molecule has 0 amide bonds. The Bertz CT molecular complexity index is 790. The van der Waals surface area contributed by atoms with Crippen LogP contribution in [-0.4, -0.2) is 19.6 Å². The lowest BCUT2D eigenvalue weighted by Crippen LogP contribution is -2.14. The fourth-order valence-electron chi connectivity index (χ4n) is 3.19. The normalized spacial score (nSPS) is 11.9. The van der Waals surface area contributed by atoms with Gasteiger partial charge in [-0.05, 0) is 54.7 Å². The summed E-state index contributed by atoms with van der Waals surface area (Å²) in [5.74, 6) is -0.296. The van der Waals surface area contributed by atoms with Crippen LogP contribution in [0.2, 0.25) is 0 Å². The molecule has 1 unspecified atom stereocenters. The minimum atomic E-state index is -0.200. The second-order valence-corrected chi connectivity index (χ2v) is 6.93. The van der Waals surface area contributed by atoms with Crippen LogP contribution in [0.15, 0.2) is 30.3 Å². The number of halogens is 1. The van der Waals surface area contributed by atoms with Crippen LogP contribution < -0.4 is 11.1 Å². The van der Waals surface area contributed by atoms with Gasteiger partial charge in [-0.2, -0.15) is 0 Å². The molecule has 0 aliphatic rings. The van der Waals surface area contributed by atoms with Crippen molar-refractivity contribution < 1.29 is 9.53 Å². The van der Waals surface area contributed by atoms with Crippen molar-refractivity contribution in [2.45, 2.75) is 38.4 Å². The Labute approximate surface area is 164 Å². The van der Waals surface area contributed by atoms with E-state index in [9.17, 15) is 4.79 Å². The first-order valence-electron chi connectivity index (χ1n) is 8.80. The number of carbonyl (C=O) groups is 1. The maximum atomic E-state index is 12.3. The highest BCUT2D eigenvalue weighted by Crippen LogP contribution is 2.36. The highest BCUT2D eigenvalue weighted by molar-refractivity contribution is 9.08. The molecule has 2 rings (SSSR count). The second-order valence-electron chi connectivity index (χ2n) is 6.37. The highest BCUT2D eigenvalue weighted by Gasteiger charge is 2.23. The third-order valence-corrected chi connectivity index (χ3v) is 5.40. The lowest BCUT2D eigenvalue weighted by molar-refractivity contribution is -0.143. The molecule has 0 aliphatic carbocycles. The first kappa shape index (κ1) is 20.3. The number of anilines is 2. The number of carbonyl (C=O) groups excluding carboxylic acids is 1. The Morgan fingerprint density at radius 3 is 2.62 bits per heavy atom. The van der Waals surface area contributed by atoms with Gasteiger partial charge >= 0.3 is 5.97 Å². The van der Waals surface area contributed by atoms with Crippen LogP contribution in [0, 0.1) is 13.8 Å². The Morgan fingerprint density at radius 2 is 2.00 bits per heavy atom. The molecule has 4 nitrogen and oxygen atoms in total. The van der Waals surface area contributed by atoms with Crippen LogP contribution in [0.3, 0.4) is 0 Å². The summed E-state index contributed by atoms with van der Waals surface area (Å²) in [6.45, 7) is 6.30. The van der Waals surface area contributed by atoms with Crippen molar-refractivity contribution in [3.63, 3.8) is 0 Å². The van der Waals surface area contributed by atoms with E-state index in [1.807, 2.05) is 27.0 Å². The minimum absolute atomic E-state index is 0.0966. The Hall–Kier alpha value is -2.01. The Kier molecular flexibility index (Phi) is 7.09. The Morgan fingerprint density at radius 1 is 1.27 bits per heavy atom. The third kappa shape index (κ3) is 4.39. The van der Waals surface area contributed by atoms with Gasteiger partial charge in [0.05, 0.1) is 24.4 Å². The zero-order valence-electron chi connectivity index (χ0n) is 15.9. The number of ether oxygens (including phenoxy) is 1. The summed E-state index contributed by atoms with van der Waals surface area (Å²) in [7, 11) is 1.85. The van der Waals surface area contributed by atoms with Crippen LogP contribution in [0.25, 0.3) is 0 Å². The molecule has 1 atom stereocenters. The van der Waals surface area contributed by atoms with E-state index in [2.05, 4.69) is 52.4 Å². The maximum Gasteiger partial charge on any atom is 0.306 e. The number of alkyl halides is 1.